The first-order valence-electron chi connectivity index (χ1n) is 8.56. The van der Waals surface area contributed by atoms with Crippen LogP contribution in [0.2, 0.25) is 0 Å². The van der Waals surface area contributed by atoms with Crippen LogP contribution in [0.15, 0.2) is 23.7 Å². The van der Waals surface area contributed by atoms with Crippen LogP contribution < -0.4 is 0 Å². The fourth-order valence-corrected chi connectivity index (χ4v) is 4.33. The quantitative estimate of drug-likeness (QED) is 0.722. The van der Waals surface area contributed by atoms with Gasteiger partial charge in [-0.3, -0.25) is 4.79 Å². The van der Waals surface area contributed by atoms with Gasteiger partial charge in [0.05, 0.1) is 28.3 Å². The Balaban J connectivity index is 1.64. The molecule has 0 saturated carbocycles. The number of thiazole rings is 1. The fraction of sp³-hybridized carbons (Fsp3) is 0.444. The molecule has 1 aromatic carbocycles. The molecule has 1 amide bonds. The molecular formula is C18H21N5OS. The molecule has 0 fully saturated rings. The van der Waals surface area contributed by atoms with E-state index in [-0.39, 0.29) is 11.9 Å². The molecule has 0 aliphatic carbocycles. The van der Waals surface area contributed by atoms with Gasteiger partial charge in [-0.05, 0) is 37.5 Å². The van der Waals surface area contributed by atoms with E-state index in [0.29, 0.717) is 24.6 Å². The summed E-state index contributed by atoms with van der Waals surface area (Å²) in [5, 5.41) is 8.52. The number of carbonyl (C=O) groups excluding carboxylic acids is 1. The molecular weight excluding hydrogens is 334 g/mol. The molecule has 130 valence electrons. The topological polar surface area (TPSA) is 63.9 Å². The van der Waals surface area contributed by atoms with Crippen molar-refractivity contribution >= 4 is 27.5 Å². The van der Waals surface area contributed by atoms with Crippen LogP contribution in [-0.4, -0.2) is 37.1 Å². The number of aromatic nitrogens is 4. The van der Waals surface area contributed by atoms with Crippen LogP contribution in [0.4, 0.5) is 0 Å². The first-order valence-corrected chi connectivity index (χ1v) is 9.44. The third kappa shape index (κ3) is 2.93. The number of benzene rings is 1. The molecule has 0 radical (unpaired) electrons. The first-order chi connectivity index (χ1) is 12.0. The summed E-state index contributed by atoms with van der Waals surface area (Å²) in [6.07, 6.45) is 1.00. The van der Waals surface area contributed by atoms with E-state index < -0.39 is 0 Å². The first kappa shape index (κ1) is 16.2. The molecule has 25 heavy (non-hydrogen) atoms. The summed E-state index contributed by atoms with van der Waals surface area (Å²) in [4.78, 5) is 19.2. The molecule has 7 heteroatoms. The van der Waals surface area contributed by atoms with Crippen molar-refractivity contribution in [3.63, 3.8) is 0 Å². The van der Waals surface area contributed by atoms with Crippen LogP contribution in [0.3, 0.4) is 0 Å². The Labute approximate surface area is 150 Å². The predicted octanol–water partition coefficient (Wildman–Crippen LogP) is 3.44. The van der Waals surface area contributed by atoms with E-state index in [2.05, 4.69) is 33.6 Å². The number of hydrogen-bond donors (Lipinski definition) is 0. The lowest BCUT2D eigenvalue weighted by Gasteiger charge is -2.35. The van der Waals surface area contributed by atoms with E-state index in [1.807, 2.05) is 35.5 Å². The fourth-order valence-electron chi connectivity index (χ4n) is 3.62. The van der Waals surface area contributed by atoms with Gasteiger partial charge < -0.3 is 9.47 Å². The van der Waals surface area contributed by atoms with Gasteiger partial charge in [-0.25, -0.2) is 4.98 Å². The van der Waals surface area contributed by atoms with Gasteiger partial charge in [0.25, 0.3) is 5.91 Å². The molecule has 0 saturated heterocycles. The smallest absolute Gasteiger partial charge is 0.254 e. The maximum absolute atomic E-state index is 13.1. The van der Waals surface area contributed by atoms with Gasteiger partial charge in [-0.1, -0.05) is 13.8 Å². The minimum absolute atomic E-state index is 0.0518. The molecule has 0 N–H and O–H groups in total. The third-order valence-electron chi connectivity index (χ3n) is 4.67. The summed E-state index contributed by atoms with van der Waals surface area (Å²) in [6.45, 7) is 7.60. The van der Waals surface area contributed by atoms with Crippen molar-refractivity contribution in [3.8, 4) is 0 Å². The molecule has 0 spiro atoms. The lowest BCUT2D eigenvalue weighted by molar-refractivity contribution is 0.0661. The van der Waals surface area contributed by atoms with Crippen LogP contribution in [0.5, 0.6) is 0 Å². The molecule has 1 aliphatic heterocycles. The van der Waals surface area contributed by atoms with Gasteiger partial charge in [-0.15, -0.1) is 21.5 Å². The second-order valence-electron chi connectivity index (χ2n) is 7.04. The summed E-state index contributed by atoms with van der Waals surface area (Å²) in [6, 6.07) is 5.96. The third-order valence-corrected chi connectivity index (χ3v) is 5.47. The number of amides is 1. The summed E-state index contributed by atoms with van der Waals surface area (Å²) in [5.74, 6) is 2.40. The van der Waals surface area contributed by atoms with Crippen LogP contribution in [0.25, 0.3) is 10.2 Å². The normalized spacial score (nSPS) is 17.3. The average Bonchev–Trinajstić information content (AvgIpc) is 3.19. The van der Waals surface area contributed by atoms with Crippen LogP contribution in [-0.2, 0) is 6.54 Å². The van der Waals surface area contributed by atoms with Gasteiger partial charge in [0.2, 0.25) is 0 Å². The van der Waals surface area contributed by atoms with Crippen LogP contribution in [0.1, 0.15) is 48.3 Å². The second-order valence-corrected chi connectivity index (χ2v) is 7.92. The highest BCUT2D eigenvalue weighted by Gasteiger charge is 2.31. The molecule has 4 rings (SSSR count). The number of fused-ring (bicyclic) bond motifs is 2. The highest BCUT2D eigenvalue weighted by molar-refractivity contribution is 7.16. The highest BCUT2D eigenvalue weighted by atomic mass is 32.1. The van der Waals surface area contributed by atoms with Crippen LogP contribution in [0, 0.1) is 12.8 Å². The van der Waals surface area contributed by atoms with Crippen molar-refractivity contribution in [1.82, 2.24) is 24.6 Å². The zero-order valence-electron chi connectivity index (χ0n) is 14.6. The van der Waals surface area contributed by atoms with Crippen molar-refractivity contribution in [2.45, 2.75) is 39.8 Å². The van der Waals surface area contributed by atoms with Crippen molar-refractivity contribution in [3.05, 3.63) is 40.9 Å². The number of hydrogen-bond acceptors (Lipinski definition) is 5. The Morgan fingerprint density at radius 3 is 3.00 bits per heavy atom. The number of carbonyl (C=O) groups is 1. The molecule has 2 aromatic heterocycles. The molecule has 1 aliphatic rings. The van der Waals surface area contributed by atoms with E-state index in [4.69, 9.17) is 0 Å². The standard InChI is InChI=1S/C18H21N5OS/c1-11(2)6-14-8-22(9-17-21-20-12(3)23(14)17)18(24)13-4-5-15-16(7-13)25-10-19-15/h4-5,7,10-11,14H,6,8-9H2,1-3H3/t14-/m0/s1. The minimum atomic E-state index is 0.0518. The van der Waals surface area contributed by atoms with E-state index in [1.54, 1.807) is 11.3 Å². The zero-order chi connectivity index (χ0) is 17.6. The van der Waals surface area contributed by atoms with Crippen molar-refractivity contribution < 1.29 is 4.79 Å². The minimum Gasteiger partial charge on any atom is -0.329 e. The Morgan fingerprint density at radius 1 is 1.36 bits per heavy atom. The molecule has 0 bridgehead atoms. The molecule has 0 unspecified atom stereocenters. The summed E-state index contributed by atoms with van der Waals surface area (Å²) in [7, 11) is 0. The molecule has 3 heterocycles. The van der Waals surface area contributed by atoms with Crippen molar-refractivity contribution in [2.24, 2.45) is 5.92 Å². The van der Waals surface area contributed by atoms with E-state index in [9.17, 15) is 4.79 Å². The Bertz CT molecular complexity index is 929. The van der Waals surface area contributed by atoms with Crippen LogP contribution >= 0.6 is 11.3 Å². The van der Waals surface area contributed by atoms with Gasteiger partial charge in [0.15, 0.2) is 5.82 Å². The summed E-state index contributed by atoms with van der Waals surface area (Å²) >= 11 is 1.56. The molecule has 6 nitrogen and oxygen atoms in total. The Kier molecular flexibility index (Phi) is 4.03. The van der Waals surface area contributed by atoms with Gasteiger partial charge in [-0.2, -0.15) is 0 Å². The van der Waals surface area contributed by atoms with E-state index in [0.717, 1.165) is 28.3 Å². The zero-order valence-corrected chi connectivity index (χ0v) is 15.5. The maximum Gasteiger partial charge on any atom is 0.254 e. The SMILES string of the molecule is Cc1nnc2n1[C@@H](CC(C)C)CN(C(=O)c1ccc3ncsc3c1)C2. The van der Waals surface area contributed by atoms with Crippen molar-refractivity contribution in [2.75, 3.05) is 6.54 Å². The van der Waals surface area contributed by atoms with Crippen molar-refractivity contribution in [1.29, 1.82) is 0 Å². The Morgan fingerprint density at radius 2 is 2.20 bits per heavy atom. The lowest BCUT2D eigenvalue weighted by atomic mass is 10.0. The largest absolute Gasteiger partial charge is 0.329 e. The number of aryl methyl sites for hydroxylation is 1. The molecule has 3 aromatic rings. The van der Waals surface area contributed by atoms with Gasteiger partial charge in [0.1, 0.15) is 5.82 Å². The highest BCUT2D eigenvalue weighted by Crippen LogP contribution is 2.28. The van der Waals surface area contributed by atoms with Gasteiger partial charge >= 0.3 is 0 Å². The monoisotopic (exact) mass is 355 g/mol. The summed E-state index contributed by atoms with van der Waals surface area (Å²) in [5.41, 5.74) is 3.46. The second kappa shape index (κ2) is 6.22. The van der Waals surface area contributed by atoms with E-state index in [1.165, 1.54) is 0 Å². The Hall–Kier alpha value is -2.28. The predicted molar refractivity (Wildman–Crippen MR) is 97.6 cm³/mol. The lowest BCUT2D eigenvalue weighted by Crippen LogP contribution is -2.42. The average molecular weight is 355 g/mol. The summed E-state index contributed by atoms with van der Waals surface area (Å²) < 4.78 is 3.25. The van der Waals surface area contributed by atoms with E-state index >= 15 is 0 Å². The number of rotatable bonds is 3. The van der Waals surface area contributed by atoms with Gasteiger partial charge in [0, 0.05) is 12.1 Å². The maximum atomic E-state index is 13.1. The molecule has 1 atom stereocenters. The number of nitrogens with zero attached hydrogens (tertiary/aromatic N) is 5.